The molecule has 2 heterocycles. The molecule has 2 aliphatic rings. The number of fused-ring (bicyclic) bond motifs is 3. The van der Waals surface area contributed by atoms with Crippen molar-refractivity contribution in [2.75, 3.05) is 26.2 Å². The molecule has 1 saturated heterocycles. The van der Waals surface area contributed by atoms with Crippen LogP contribution in [0.4, 0.5) is 4.39 Å². The summed E-state index contributed by atoms with van der Waals surface area (Å²) in [6, 6.07) is 12.6. The Labute approximate surface area is 234 Å². The van der Waals surface area contributed by atoms with Gasteiger partial charge in [0.2, 0.25) is 17.7 Å². The molecule has 2 aliphatic heterocycles. The Morgan fingerprint density at radius 1 is 1.07 bits per heavy atom. The quantitative estimate of drug-likeness (QED) is 0.576. The van der Waals surface area contributed by atoms with Crippen LogP contribution in [0.5, 0.6) is 0 Å². The number of hydrogen-bond acceptors (Lipinski definition) is 4. The third-order valence-electron chi connectivity index (χ3n) is 7.46. The number of carbonyl (C=O) groups is 4. The second-order valence-corrected chi connectivity index (χ2v) is 10.7. The number of carbonyl (C=O) groups excluding carboxylic acids is 4. The molecule has 2 atom stereocenters. The highest BCUT2D eigenvalue weighted by Gasteiger charge is 2.37. The molecule has 0 spiro atoms. The molecule has 2 aromatic rings. The molecule has 8 nitrogen and oxygen atoms in total. The molecule has 0 radical (unpaired) electrons. The van der Waals surface area contributed by atoms with Gasteiger partial charge < -0.3 is 20.4 Å². The molecule has 4 amide bonds. The van der Waals surface area contributed by atoms with Gasteiger partial charge in [0, 0.05) is 31.8 Å². The lowest BCUT2D eigenvalue weighted by Crippen LogP contribution is -2.54. The molecule has 0 aliphatic carbocycles. The topological polar surface area (TPSA) is 98.8 Å². The van der Waals surface area contributed by atoms with Crippen LogP contribution in [0.3, 0.4) is 0 Å². The van der Waals surface area contributed by atoms with Gasteiger partial charge >= 0.3 is 0 Å². The molecule has 0 aromatic heterocycles. The van der Waals surface area contributed by atoms with Gasteiger partial charge in [-0.25, -0.2) is 4.39 Å². The van der Waals surface area contributed by atoms with E-state index in [2.05, 4.69) is 10.6 Å². The summed E-state index contributed by atoms with van der Waals surface area (Å²) in [5.41, 5.74) is 1.57. The predicted molar refractivity (Wildman–Crippen MR) is 151 cm³/mol. The van der Waals surface area contributed by atoms with E-state index in [0.717, 1.165) is 11.1 Å². The van der Waals surface area contributed by atoms with Crippen molar-refractivity contribution in [3.8, 4) is 0 Å². The van der Waals surface area contributed by atoms with Gasteiger partial charge in [-0.15, -0.1) is 0 Å². The van der Waals surface area contributed by atoms with Crippen molar-refractivity contribution in [1.82, 2.24) is 20.4 Å². The number of hydrogen-bond donors (Lipinski definition) is 2. The van der Waals surface area contributed by atoms with Crippen LogP contribution in [0.1, 0.15) is 54.6 Å². The van der Waals surface area contributed by atoms with Crippen LogP contribution in [0, 0.1) is 11.7 Å². The molecule has 2 bridgehead atoms. The average molecular weight is 549 g/mol. The number of aryl methyl sites for hydroxylation is 1. The van der Waals surface area contributed by atoms with E-state index >= 15 is 0 Å². The molecule has 0 unspecified atom stereocenters. The lowest BCUT2D eigenvalue weighted by molar-refractivity contribution is -0.133. The number of nitrogens with one attached hydrogen (secondary N) is 2. The minimum Gasteiger partial charge on any atom is -0.355 e. The van der Waals surface area contributed by atoms with Crippen LogP contribution in [-0.2, 0) is 20.8 Å². The first-order chi connectivity index (χ1) is 19.2. The van der Waals surface area contributed by atoms with E-state index in [4.69, 9.17) is 0 Å². The largest absolute Gasteiger partial charge is 0.355 e. The molecular weight excluding hydrogens is 511 g/mol. The van der Waals surface area contributed by atoms with Gasteiger partial charge in [-0.3, -0.25) is 19.2 Å². The highest BCUT2D eigenvalue weighted by molar-refractivity contribution is 5.98. The summed E-state index contributed by atoms with van der Waals surface area (Å²) in [5, 5.41) is 5.88. The van der Waals surface area contributed by atoms with Crippen LogP contribution >= 0.6 is 0 Å². The van der Waals surface area contributed by atoms with Crippen molar-refractivity contribution >= 4 is 29.7 Å². The molecule has 9 heteroatoms. The van der Waals surface area contributed by atoms with E-state index in [1.807, 2.05) is 44.2 Å². The summed E-state index contributed by atoms with van der Waals surface area (Å²) >= 11 is 0. The molecule has 4 rings (SSSR count). The van der Waals surface area contributed by atoms with Crippen LogP contribution in [0.15, 0.2) is 54.6 Å². The molecular formula is C31H37FN4O4. The van der Waals surface area contributed by atoms with Gasteiger partial charge in [0.1, 0.15) is 11.9 Å². The fourth-order valence-electron chi connectivity index (χ4n) is 5.09. The zero-order chi connectivity index (χ0) is 28.6. The molecule has 0 saturated carbocycles. The Kier molecular flexibility index (Phi) is 9.69. The van der Waals surface area contributed by atoms with Gasteiger partial charge in [-0.2, -0.15) is 0 Å². The SMILES string of the molecule is CC(C)[C@@H]1CN(C(=O)C=Cc2ccccc2)CC(=O)NCCCc2ccc(F)c(c2)C(=O)N2CCC[C@H]2C(=O)N1. The van der Waals surface area contributed by atoms with Crippen molar-refractivity contribution < 1.29 is 23.6 Å². The first kappa shape index (κ1) is 29.0. The molecule has 2 aromatic carbocycles. The van der Waals surface area contributed by atoms with E-state index in [0.29, 0.717) is 38.8 Å². The van der Waals surface area contributed by atoms with E-state index in [1.165, 1.54) is 21.9 Å². The summed E-state index contributed by atoms with van der Waals surface area (Å²) in [6.07, 6.45) is 5.33. The fraction of sp³-hybridized carbons (Fsp3) is 0.419. The zero-order valence-corrected chi connectivity index (χ0v) is 23.1. The number of amides is 4. The zero-order valence-electron chi connectivity index (χ0n) is 23.1. The Morgan fingerprint density at radius 2 is 1.85 bits per heavy atom. The summed E-state index contributed by atoms with van der Waals surface area (Å²) in [7, 11) is 0. The van der Waals surface area contributed by atoms with Crippen molar-refractivity contribution in [3.05, 3.63) is 77.1 Å². The van der Waals surface area contributed by atoms with Crippen molar-refractivity contribution in [1.29, 1.82) is 0 Å². The predicted octanol–water partition coefficient (Wildman–Crippen LogP) is 3.18. The molecule has 2 N–H and O–H groups in total. The van der Waals surface area contributed by atoms with Crippen LogP contribution in [0.25, 0.3) is 6.08 Å². The Balaban J connectivity index is 1.61. The highest BCUT2D eigenvalue weighted by atomic mass is 19.1. The summed E-state index contributed by atoms with van der Waals surface area (Å²) in [6.45, 7) is 4.53. The molecule has 1 fully saturated rings. The average Bonchev–Trinajstić information content (AvgIpc) is 3.44. The van der Waals surface area contributed by atoms with E-state index in [-0.39, 0.29) is 42.3 Å². The summed E-state index contributed by atoms with van der Waals surface area (Å²) in [5.74, 6) is -2.19. The first-order valence-electron chi connectivity index (χ1n) is 13.9. The van der Waals surface area contributed by atoms with E-state index in [9.17, 15) is 23.6 Å². The Bertz CT molecular complexity index is 1260. The number of nitrogens with zero attached hydrogens (tertiary/aromatic N) is 2. The van der Waals surface area contributed by atoms with E-state index in [1.54, 1.807) is 18.2 Å². The van der Waals surface area contributed by atoms with Gasteiger partial charge in [-0.1, -0.05) is 50.2 Å². The smallest absolute Gasteiger partial charge is 0.257 e. The van der Waals surface area contributed by atoms with Crippen molar-refractivity contribution in [3.63, 3.8) is 0 Å². The lowest BCUT2D eigenvalue weighted by Gasteiger charge is -2.32. The third-order valence-corrected chi connectivity index (χ3v) is 7.46. The number of halogens is 1. The van der Waals surface area contributed by atoms with Gasteiger partial charge in [0.15, 0.2) is 0 Å². The maximum absolute atomic E-state index is 14.7. The van der Waals surface area contributed by atoms with Crippen molar-refractivity contribution in [2.24, 2.45) is 5.92 Å². The number of rotatable bonds is 3. The second kappa shape index (κ2) is 13.4. The fourth-order valence-corrected chi connectivity index (χ4v) is 5.09. The number of benzene rings is 2. The Morgan fingerprint density at radius 3 is 2.60 bits per heavy atom. The van der Waals surface area contributed by atoms with E-state index < -0.39 is 23.8 Å². The lowest BCUT2D eigenvalue weighted by atomic mass is 10.0. The van der Waals surface area contributed by atoms with Gasteiger partial charge in [0.25, 0.3) is 5.91 Å². The minimum absolute atomic E-state index is 0.0482. The molecule has 40 heavy (non-hydrogen) atoms. The van der Waals surface area contributed by atoms with Crippen LogP contribution in [0.2, 0.25) is 0 Å². The third kappa shape index (κ3) is 7.34. The first-order valence-corrected chi connectivity index (χ1v) is 13.9. The maximum atomic E-state index is 14.7. The normalized spacial score (nSPS) is 21.2. The van der Waals surface area contributed by atoms with Gasteiger partial charge in [0.05, 0.1) is 12.1 Å². The highest BCUT2D eigenvalue weighted by Crippen LogP contribution is 2.23. The Hall–Kier alpha value is -4.01. The monoisotopic (exact) mass is 548 g/mol. The minimum atomic E-state index is -0.738. The van der Waals surface area contributed by atoms with Gasteiger partial charge in [-0.05, 0) is 60.9 Å². The van der Waals surface area contributed by atoms with Crippen LogP contribution in [-0.4, -0.2) is 71.7 Å². The van der Waals surface area contributed by atoms with Crippen LogP contribution < -0.4 is 10.6 Å². The summed E-state index contributed by atoms with van der Waals surface area (Å²) in [4.78, 5) is 55.9. The molecule has 212 valence electrons. The second-order valence-electron chi connectivity index (χ2n) is 10.7. The van der Waals surface area contributed by atoms with Crippen molar-refractivity contribution in [2.45, 2.75) is 51.6 Å². The maximum Gasteiger partial charge on any atom is 0.257 e. The standard InChI is InChI=1S/C31H37FN4O4/c1-21(2)26-19-35(29(38)15-13-22-8-4-3-5-9-22)20-28(37)33-16-6-10-23-12-14-25(32)24(18-23)31(40)36-17-7-11-27(36)30(39)34-26/h3-5,8-9,12-15,18,21,26-27H,6-7,10-11,16-17,19-20H2,1-2H3,(H,33,37)(H,34,39)/t26-,27-/m0/s1. The summed E-state index contributed by atoms with van der Waals surface area (Å²) < 4.78 is 14.7.